The van der Waals surface area contributed by atoms with Crippen LogP contribution in [-0.4, -0.2) is 36.4 Å². The zero-order valence-corrected chi connectivity index (χ0v) is 25.0. The summed E-state index contributed by atoms with van der Waals surface area (Å²) in [5.41, 5.74) is 8.17. The highest BCUT2D eigenvalue weighted by Crippen LogP contribution is 2.28. The maximum absolute atomic E-state index is 13.1. The van der Waals surface area contributed by atoms with Crippen molar-refractivity contribution in [3.05, 3.63) is 120 Å². The monoisotopic (exact) mass is 605 g/mol. The SMILES string of the molecule is C=CC(=O)OCCOc1ccc(C(=O)Oc2ccc(-c3ccc(CCC)cc3)cc2/C=N/Nc2nc3ccccc3s2)cc1. The second-order valence-corrected chi connectivity index (χ2v) is 10.7. The van der Waals surface area contributed by atoms with Gasteiger partial charge in [0, 0.05) is 11.6 Å². The van der Waals surface area contributed by atoms with Crippen LogP contribution in [0.1, 0.15) is 34.8 Å². The Kier molecular flexibility index (Phi) is 10.1. The lowest BCUT2D eigenvalue weighted by Gasteiger charge is -2.11. The summed E-state index contributed by atoms with van der Waals surface area (Å²) in [6, 6.07) is 28.5. The first-order chi connectivity index (χ1) is 21.5. The number of ether oxygens (including phenoxy) is 3. The molecule has 5 aromatic rings. The molecule has 4 aromatic carbocycles. The van der Waals surface area contributed by atoms with Gasteiger partial charge in [-0.2, -0.15) is 5.10 Å². The molecule has 0 saturated heterocycles. The van der Waals surface area contributed by atoms with E-state index in [1.54, 1.807) is 36.5 Å². The molecule has 0 bridgehead atoms. The van der Waals surface area contributed by atoms with Gasteiger partial charge in [-0.05, 0) is 71.6 Å². The maximum atomic E-state index is 13.1. The molecule has 0 saturated carbocycles. The van der Waals surface area contributed by atoms with Crippen molar-refractivity contribution in [3.8, 4) is 22.6 Å². The Labute approximate surface area is 259 Å². The van der Waals surface area contributed by atoms with Crippen molar-refractivity contribution in [1.29, 1.82) is 0 Å². The topological polar surface area (TPSA) is 99.1 Å². The normalized spacial score (nSPS) is 10.9. The summed E-state index contributed by atoms with van der Waals surface area (Å²) in [5.74, 6) is -0.150. The van der Waals surface area contributed by atoms with Gasteiger partial charge in [-0.1, -0.05) is 73.7 Å². The summed E-state index contributed by atoms with van der Waals surface area (Å²) in [6.45, 7) is 5.77. The van der Waals surface area contributed by atoms with E-state index in [-0.39, 0.29) is 13.2 Å². The fourth-order valence-electron chi connectivity index (χ4n) is 4.36. The number of thiazole rings is 1. The van der Waals surface area contributed by atoms with Gasteiger partial charge in [-0.3, -0.25) is 5.43 Å². The first kappa shape index (κ1) is 30.2. The average molecular weight is 606 g/mol. The van der Waals surface area contributed by atoms with Crippen LogP contribution in [0.25, 0.3) is 21.3 Å². The van der Waals surface area contributed by atoms with Crippen LogP contribution < -0.4 is 14.9 Å². The summed E-state index contributed by atoms with van der Waals surface area (Å²) in [4.78, 5) is 28.8. The van der Waals surface area contributed by atoms with Crippen molar-refractivity contribution in [3.63, 3.8) is 0 Å². The number of anilines is 1. The lowest BCUT2D eigenvalue weighted by atomic mass is 10.0. The summed E-state index contributed by atoms with van der Waals surface area (Å²) in [5, 5.41) is 5.07. The van der Waals surface area contributed by atoms with Crippen molar-refractivity contribution >= 4 is 44.8 Å². The van der Waals surface area contributed by atoms with Crippen LogP contribution in [0.3, 0.4) is 0 Å². The number of esters is 2. The number of hydrazone groups is 1. The third-order valence-electron chi connectivity index (χ3n) is 6.55. The Bertz CT molecular complexity index is 1750. The second-order valence-electron chi connectivity index (χ2n) is 9.69. The highest BCUT2D eigenvalue weighted by atomic mass is 32.1. The molecule has 0 fully saturated rings. The van der Waals surface area contributed by atoms with Gasteiger partial charge < -0.3 is 14.2 Å². The largest absolute Gasteiger partial charge is 0.490 e. The first-order valence-corrected chi connectivity index (χ1v) is 15.0. The Morgan fingerprint density at radius 1 is 0.955 bits per heavy atom. The number of carbonyl (C=O) groups is 2. The van der Waals surface area contributed by atoms with E-state index >= 15 is 0 Å². The molecular weight excluding hydrogens is 574 g/mol. The summed E-state index contributed by atoms with van der Waals surface area (Å²) < 4.78 is 17.3. The van der Waals surface area contributed by atoms with Gasteiger partial charge in [0.1, 0.15) is 24.7 Å². The quantitative estimate of drug-likeness (QED) is 0.0367. The minimum absolute atomic E-state index is 0.0890. The van der Waals surface area contributed by atoms with E-state index in [4.69, 9.17) is 14.2 Å². The molecule has 0 amide bonds. The lowest BCUT2D eigenvalue weighted by molar-refractivity contribution is -0.138. The van der Waals surface area contributed by atoms with Crippen molar-refractivity contribution in [2.24, 2.45) is 5.10 Å². The van der Waals surface area contributed by atoms with Gasteiger partial charge in [-0.25, -0.2) is 14.6 Å². The third kappa shape index (κ3) is 7.96. The number of aryl methyl sites for hydroxylation is 1. The number of aromatic nitrogens is 1. The molecule has 8 nitrogen and oxygen atoms in total. The predicted octanol–water partition coefficient (Wildman–Crippen LogP) is 7.69. The van der Waals surface area contributed by atoms with Crippen LogP contribution in [-0.2, 0) is 16.0 Å². The number of fused-ring (bicyclic) bond motifs is 1. The standard InChI is InChI=1S/C35H31N3O5S/c1-3-7-24-10-12-25(13-11-24)27-16-19-31(28(22-27)23-36-38-35-37-30-8-5-6-9-32(30)44-35)43-34(40)26-14-17-29(18-15-26)41-20-21-42-33(39)4-2/h4-6,8-19,22-23H,2-3,7,20-21H2,1H3,(H,37,38)/b36-23+. The highest BCUT2D eigenvalue weighted by Gasteiger charge is 2.13. The number of nitrogens with one attached hydrogen (secondary N) is 1. The van der Waals surface area contributed by atoms with E-state index in [0.29, 0.717) is 27.8 Å². The minimum atomic E-state index is -0.526. The molecule has 0 aliphatic rings. The van der Waals surface area contributed by atoms with Crippen molar-refractivity contribution in [1.82, 2.24) is 4.98 Å². The molecule has 1 aromatic heterocycles. The predicted molar refractivity (Wildman–Crippen MR) is 175 cm³/mol. The number of rotatable bonds is 13. The highest BCUT2D eigenvalue weighted by molar-refractivity contribution is 7.22. The number of carbonyl (C=O) groups excluding carboxylic acids is 2. The van der Waals surface area contributed by atoms with Gasteiger partial charge >= 0.3 is 11.9 Å². The van der Waals surface area contributed by atoms with Crippen LogP contribution >= 0.6 is 11.3 Å². The fraction of sp³-hybridized carbons (Fsp3) is 0.143. The smallest absolute Gasteiger partial charge is 0.343 e. The maximum Gasteiger partial charge on any atom is 0.343 e. The van der Waals surface area contributed by atoms with Crippen molar-refractivity contribution in [2.75, 3.05) is 18.6 Å². The van der Waals surface area contributed by atoms with Crippen LogP contribution in [0.5, 0.6) is 11.5 Å². The van der Waals surface area contributed by atoms with E-state index < -0.39 is 11.9 Å². The minimum Gasteiger partial charge on any atom is -0.490 e. The van der Waals surface area contributed by atoms with Gasteiger partial charge in [0.2, 0.25) is 5.13 Å². The van der Waals surface area contributed by atoms with Crippen LogP contribution in [0.15, 0.2) is 109 Å². The van der Waals surface area contributed by atoms with Crippen LogP contribution in [0.4, 0.5) is 5.13 Å². The molecule has 0 radical (unpaired) electrons. The third-order valence-corrected chi connectivity index (χ3v) is 7.49. The zero-order chi connectivity index (χ0) is 30.7. The molecular formula is C35H31N3O5S. The fourth-order valence-corrected chi connectivity index (χ4v) is 5.17. The van der Waals surface area contributed by atoms with Gasteiger partial charge in [-0.15, -0.1) is 0 Å². The van der Waals surface area contributed by atoms with Crippen molar-refractivity contribution in [2.45, 2.75) is 19.8 Å². The summed E-state index contributed by atoms with van der Waals surface area (Å²) in [7, 11) is 0. The Balaban J connectivity index is 1.32. The van der Waals surface area contributed by atoms with Crippen molar-refractivity contribution < 1.29 is 23.8 Å². The summed E-state index contributed by atoms with van der Waals surface area (Å²) >= 11 is 1.50. The molecule has 1 N–H and O–H groups in total. The molecule has 0 unspecified atom stereocenters. The van der Waals surface area contributed by atoms with E-state index in [9.17, 15) is 9.59 Å². The Morgan fingerprint density at radius 2 is 1.73 bits per heavy atom. The number of nitrogens with zero attached hydrogens (tertiary/aromatic N) is 2. The van der Waals surface area contributed by atoms with E-state index in [1.165, 1.54) is 16.9 Å². The number of benzene rings is 4. The average Bonchev–Trinajstić information content (AvgIpc) is 3.47. The zero-order valence-electron chi connectivity index (χ0n) is 24.2. The number of hydrogen-bond acceptors (Lipinski definition) is 9. The molecule has 44 heavy (non-hydrogen) atoms. The Morgan fingerprint density at radius 3 is 2.48 bits per heavy atom. The molecule has 0 aliphatic carbocycles. The molecule has 5 rings (SSSR count). The van der Waals surface area contributed by atoms with Crippen LogP contribution in [0, 0.1) is 0 Å². The van der Waals surface area contributed by atoms with E-state index in [2.05, 4.69) is 53.3 Å². The van der Waals surface area contributed by atoms with Gasteiger partial charge in [0.15, 0.2) is 0 Å². The molecule has 222 valence electrons. The molecule has 9 heteroatoms. The van der Waals surface area contributed by atoms with E-state index in [1.807, 2.05) is 36.4 Å². The summed E-state index contributed by atoms with van der Waals surface area (Å²) in [6.07, 6.45) is 4.84. The van der Waals surface area contributed by atoms with Gasteiger partial charge in [0.25, 0.3) is 0 Å². The molecule has 0 spiro atoms. The number of hydrogen-bond donors (Lipinski definition) is 1. The van der Waals surface area contributed by atoms with Crippen LogP contribution in [0.2, 0.25) is 0 Å². The van der Waals surface area contributed by atoms with Gasteiger partial charge in [0.05, 0.1) is 22.0 Å². The molecule has 0 atom stereocenters. The molecule has 1 heterocycles. The lowest BCUT2D eigenvalue weighted by Crippen LogP contribution is -2.11. The first-order valence-electron chi connectivity index (χ1n) is 14.1. The number of para-hydroxylation sites is 1. The van der Waals surface area contributed by atoms with E-state index in [0.717, 1.165) is 40.3 Å². The Hall–Kier alpha value is -5.28. The second kappa shape index (κ2) is 14.8. The molecule has 0 aliphatic heterocycles.